The predicted octanol–water partition coefficient (Wildman–Crippen LogP) is 2.88. The Hall–Kier alpha value is -2.06. The van der Waals surface area contributed by atoms with Crippen LogP contribution in [0, 0.1) is 11.3 Å². The summed E-state index contributed by atoms with van der Waals surface area (Å²) < 4.78 is 6.50. The van der Waals surface area contributed by atoms with Gasteiger partial charge in [-0.3, -0.25) is 0 Å². The molecule has 1 heterocycles. The molecule has 0 unspecified atom stereocenters. The third kappa shape index (κ3) is 2.99. The maximum atomic E-state index is 8.74. The van der Waals surface area contributed by atoms with E-state index in [-0.39, 0.29) is 0 Å². The van der Waals surface area contributed by atoms with E-state index in [0.717, 1.165) is 10.0 Å². The molecule has 0 aliphatic rings. The molecule has 0 aliphatic heterocycles. The molecule has 1 aromatic carbocycles. The van der Waals surface area contributed by atoms with Crippen LogP contribution in [-0.2, 0) is 6.61 Å². The number of nitrogens with two attached hydrogens (primary N) is 1. The molecule has 2 aromatic rings. The summed E-state index contributed by atoms with van der Waals surface area (Å²) in [5.41, 5.74) is 7.64. The summed E-state index contributed by atoms with van der Waals surface area (Å²) in [6.45, 7) is 0.350. The standard InChI is InChI=1S/C13H10BrN3O/c14-10-1-2-13(12(16)6-10)18-8-9-3-4-17-11(5-9)7-15/h1-6H,8,16H2. The lowest BCUT2D eigenvalue weighted by atomic mass is 10.2. The van der Waals surface area contributed by atoms with Gasteiger partial charge < -0.3 is 10.5 Å². The van der Waals surface area contributed by atoms with Crippen molar-refractivity contribution < 1.29 is 4.74 Å². The van der Waals surface area contributed by atoms with Gasteiger partial charge >= 0.3 is 0 Å². The zero-order chi connectivity index (χ0) is 13.0. The van der Waals surface area contributed by atoms with Crippen LogP contribution in [0.2, 0.25) is 0 Å². The zero-order valence-corrected chi connectivity index (χ0v) is 11.0. The van der Waals surface area contributed by atoms with Gasteiger partial charge in [-0.05, 0) is 35.9 Å². The molecular formula is C13H10BrN3O. The molecular weight excluding hydrogens is 294 g/mol. The zero-order valence-electron chi connectivity index (χ0n) is 9.43. The molecule has 0 atom stereocenters. The summed E-state index contributed by atoms with van der Waals surface area (Å²) in [7, 11) is 0. The van der Waals surface area contributed by atoms with Crippen molar-refractivity contribution in [3.63, 3.8) is 0 Å². The average Bonchev–Trinajstić information content (AvgIpc) is 2.38. The molecule has 5 heteroatoms. The van der Waals surface area contributed by atoms with Gasteiger partial charge in [0.25, 0.3) is 0 Å². The first-order valence-electron chi connectivity index (χ1n) is 5.22. The minimum atomic E-state index is 0.350. The molecule has 2 rings (SSSR count). The summed E-state index contributed by atoms with van der Waals surface area (Å²) in [6.07, 6.45) is 1.59. The van der Waals surface area contributed by atoms with Gasteiger partial charge in [-0.1, -0.05) is 15.9 Å². The number of aromatic nitrogens is 1. The number of hydrogen-bond acceptors (Lipinski definition) is 4. The van der Waals surface area contributed by atoms with E-state index in [1.165, 1.54) is 0 Å². The van der Waals surface area contributed by atoms with Gasteiger partial charge in [0.1, 0.15) is 24.1 Å². The van der Waals surface area contributed by atoms with Gasteiger partial charge in [0, 0.05) is 10.7 Å². The molecule has 0 saturated carbocycles. The topological polar surface area (TPSA) is 71.9 Å². The number of nitriles is 1. The second-order valence-corrected chi connectivity index (χ2v) is 4.55. The third-order valence-electron chi connectivity index (χ3n) is 2.31. The Morgan fingerprint density at radius 2 is 2.17 bits per heavy atom. The Morgan fingerprint density at radius 1 is 1.33 bits per heavy atom. The fraction of sp³-hybridized carbons (Fsp3) is 0.0769. The van der Waals surface area contributed by atoms with Crippen LogP contribution in [0.25, 0.3) is 0 Å². The molecule has 2 N–H and O–H groups in total. The van der Waals surface area contributed by atoms with E-state index >= 15 is 0 Å². The Morgan fingerprint density at radius 3 is 2.89 bits per heavy atom. The predicted molar refractivity (Wildman–Crippen MR) is 71.8 cm³/mol. The van der Waals surface area contributed by atoms with Crippen LogP contribution in [0.3, 0.4) is 0 Å². The van der Waals surface area contributed by atoms with Crippen molar-refractivity contribution in [2.45, 2.75) is 6.61 Å². The quantitative estimate of drug-likeness (QED) is 0.885. The molecule has 1 aromatic heterocycles. The molecule has 4 nitrogen and oxygen atoms in total. The molecule has 0 amide bonds. The summed E-state index contributed by atoms with van der Waals surface area (Å²) in [4.78, 5) is 3.89. The Kier molecular flexibility index (Phi) is 3.80. The molecule has 0 aliphatic carbocycles. The van der Waals surface area contributed by atoms with Gasteiger partial charge in [0.05, 0.1) is 5.69 Å². The SMILES string of the molecule is N#Cc1cc(COc2ccc(Br)cc2N)ccn1. The first kappa shape index (κ1) is 12.4. The molecule has 18 heavy (non-hydrogen) atoms. The molecule has 0 spiro atoms. The lowest BCUT2D eigenvalue weighted by Crippen LogP contribution is -1.99. The van der Waals surface area contributed by atoms with Crippen LogP contribution < -0.4 is 10.5 Å². The van der Waals surface area contributed by atoms with Crippen molar-refractivity contribution in [3.8, 4) is 11.8 Å². The monoisotopic (exact) mass is 303 g/mol. The molecule has 0 saturated heterocycles. The van der Waals surface area contributed by atoms with Crippen molar-refractivity contribution in [1.82, 2.24) is 4.98 Å². The van der Waals surface area contributed by atoms with E-state index in [0.29, 0.717) is 23.7 Å². The van der Waals surface area contributed by atoms with Gasteiger partial charge in [-0.25, -0.2) is 4.98 Å². The number of hydrogen-bond donors (Lipinski definition) is 1. The van der Waals surface area contributed by atoms with Crippen molar-refractivity contribution in [1.29, 1.82) is 5.26 Å². The number of benzene rings is 1. The second kappa shape index (κ2) is 5.52. The highest BCUT2D eigenvalue weighted by Gasteiger charge is 2.02. The fourth-order valence-corrected chi connectivity index (χ4v) is 1.82. The number of pyridine rings is 1. The van der Waals surface area contributed by atoms with E-state index in [1.54, 1.807) is 30.5 Å². The Labute approximate surface area is 113 Å². The van der Waals surface area contributed by atoms with Gasteiger partial charge in [-0.2, -0.15) is 5.26 Å². The van der Waals surface area contributed by atoms with Crippen LogP contribution in [0.4, 0.5) is 5.69 Å². The first-order chi connectivity index (χ1) is 8.69. The summed E-state index contributed by atoms with van der Waals surface area (Å²) in [5.74, 6) is 0.619. The maximum Gasteiger partial charge on any atom is 0.142 e. The van der Waals surface area contributed by atoms with E-state index in [1.807, 2.05) is 12.1 Å². The number of nitrogens with zero attached hydrogens (tertiary/aromatic N) is 2. The van der Waals surface area contributed by atoms with Gasteiger partial charge in [0.2, 0.25) is 0 Å². The highest BCUT2D eigenvalue weighted by atomic mass is 79.9. The number of nitrogen functional groups attached to an aromatic ring is 1. The van der Waals surface area contributed by atoms with Crippen LogP contribution in [0.5, 0.6) is 5.75 Å². The second-order valence-electron chi connectivity index (χ2n) is 3.63. The van der Waals surface area contributed by atoms with E-state index in [2.05, 4.69) is 20.9 Å². The number of anilines is 1. The van der Waals surface area contributed by atoms with Crippen molar-refractivity contribution in [3.05, 3.63) is 52.3 Å². The molecule has 0 bridgehead atoms. The van der Waals surface area contributed by atoms with E-state index in [4.69, 9.17) is 15.7 Å². The molecule has 0 radical (unpaired) electrons. The summed E-state index contributed by atoms with van der Waals surface area (Å²) in [6, 6.07) is 10.9. The largest absolute Gasteiger partial charge is 0.487 e. The number of halogens is 1. The normalized spacial score (nSPS) is 9.78. The summed E-state index contributed by atoms with van der Waals surface area (Å²) >= 11 is 3.33. The fourth-order valence-electron chi connectivity index (χ4n) is 1.44. The van der Waals surface area contributed by atoms with Crippen LogP contribution in [0.1, 0.15) is 11.3 Å². The lowest BCUT2D eigenvalue weighted by molar-refractivity contribution is 0.308. The molecule has 0 fully saturated rings. The number of ether oxygens (including phenoxy) is 1. The first-order valence-corrected chi connectivity index (χ1v) is 6.01. The highest BCUT2D eigenvalue weighted by molar-refractivity contribution is 9.10. The third-order valence-corrected chi connectivity index (χ3v) is 2.80. The van der Waals surface area contributed by atoms with Crippen molar-refractivity contribution >= 4 is 21.6 Å². The molecule has 90 valence electrons. The highest BCUT2D eigenvalue weighted by Crippen LogP contribution is 2.25. The Bertz CT molecular complexity index is 607. The van der Waals surface area contributed by atoms with Gasteiger partial charge in [0.15, 0.2) is 0 Å². The minimum Gasteiger partial charge on any atom is -0.487 e. The lowest BCUT2D eigenvalue weighted by Gasteiger charge is -2.09. The van der Waals surface area contributed by atoms with Crippen LogP contribution in [-0.4, -0.2) is 4.98 Å². The van der Waals surface area contributed by atoms with Crippen molar-refractivity contribution in [2.75, 3.05) is 5.73 Å². The summed E-state index contributed by atoms with van der Waals surface area (Å²) in [5, 5.41) is 8.74. The van der Waals surface area contributed by atoms with Gasteiger partial charge in [-0.15, -0.1) is 0 Å². The van der Waals surface area contributed by atoms with E-state index in [9.17, 15) is 0 Å². The van der Waals surface area contributed by atoms with Crippen molar-refractivity contribution in [2.24, 2.45) is 0 Å². The van der Waals surface area contributed by atoms with E-state index < -0.39 is 0 Å². The minimum absolute atomic E-state index is 0.350. The average molecular weight is 304 g/mol. The smallest absolute Gasteiger partial charge is 0.142 e. The Balaban J connectivity index is 2.09. The maximum absolute atomic E-state index is 8.74. The number of rotatable bonds is 3. The van der Waals surface area contributed by atoms with Crippen LogP contribution >= 0.6 is 15.9 Å². The van der Waals surface area contributed by atoms with Crippen LogP contribution in [0.15, 0.2) is 41.0 Å².